The van der Waals surface area contributed by atoms with Crippen molar-refractivity contribution in [3.05, 3.63) is 28.3 Å². The van der Waals surface area contributed by atoms with Crippen LogP contribution in [0.5, 0.6) is 0 Å². The molecule has 0 saturated carbocycles. The van der Waals surface area contributed by atoms with Crippen LogP contribution in [0.4, 0.5) is 0 Å². The number of rotatable bonds is 13. The summed E-state index contributed by atoms with van der Waals surface area (Å²) >= 11 is 0. The van der Waals surface area contributed by atoms with E-state index in [1.807, 2.05) is 13.8 Å². The van der Waals surface area contributed by atoms with Crippen LogP contribution in [0.3, 0.4) is 0 Å². The van der Waals surface area contributed by atoms with Crippen molar-refractivity contribution in [1.29, 1.82) is 0 Å². The molecule has 0 amide bonds. The van der Waals surface area contributed by atoms with E-state index in [1.54, 1.807) is 0 Å². The van der Waals surface area contributed by atoms with E-state index in [0.717, 1.165) is 44.6 Å². The van der Waals surface area contributed by atoms with Crippen LogP contribution in [-0.4, -0.2) is 24.9 Å². The second-order valence-corrected chi connectivity index (χ2v) is 8.30. The van der Waals surface area contributed by atoms with Crippen molar-refractivity contribution in [2.45, 2.75) is 83.0 Å². The van der Waals surface area contributed by atoms with Crippen LogP contribution in [0.2, 0.25) is 0 Å². The average molecular weight is 458 g/mol. The molecule has 1 aromatic carbocycles. The van der Waals surface area contributed by atoms with Crippen molar-refractivity contribution in [2.24, 2.45) is 0 Å². The number of carboxylic acid groups (broad SMARTS) is 2. The zero-order valence-corrected chi connectivity index (χ0v) is 23.3. The third kappa shape index (κ3) is 9.69. The maximum atomic E-state index is 12.0. The van der Waals surface area contributed by atoms with Gasteiger partial charge >= 0.3 is 59.1 Å². The molecule has 30 heavy (non-hydrogen) atoms. The maximum Gasteiger partial charge on any atom is 1.00 e. The zero-order valence-electron chi connectivity index (χ0n) is 18.5. The number of aryl methyl sites for hydroxylation is 1. The molecule has 0 bridgehead atoms. The molecule has 0 fully saturated rings. The van der Waals surface area contributed by atoms with Crippen LogP contribution in [0, 0.1) is 0 Å². The Balaban J connectivity index is 0. The molecule has 7 nitrogen and oxygen atoms in total. The Kier molecular flexibility index (Phi) is 17.0. The van der Waals surface area contributed by atoms with Gasteiger partial charge in [-0.2, -0.15) is 8.42 Å². The molecule has 10 heteroatoms. The van der Waals surface area contributed by atoms with E-state index in [-0.39, 0.29) is 71.1 Å². The van der Waals surface area contributed by atoms with Gasteiger partial charge in [-0.3, -0.25) is 4.55 Å². The third-order valence-electron chi connectivity index (χ3n) is 4.74. The zero-order chi connectivity index (χ0) is 21.3. The molecule has 0 aliphatic carbocycles. The molecule has 1 N–H and O–H groups in total. The van der Waals surface area contributed by atoms with Crippen molar-refractivity contribution in [1.82, 2.24) is 0 Å². The van der Waals surface area contributed by atoms with Gasteiger partial charge in [0.25, 0.3) is 10.1 Å². The number of benzene rings is 1. The molecule has 0 aromatic heterocycles. The first kappa shape index (κ1) is 32.3. The number of aromatic carboxylic acids is 2. The number of hydrogen-bond donors (Lipinski definition) is 1. The van der Waals surface area contributed by atoms with E-state index in [0.29, 0.717) is 24.8 Å². The minimum absolute atomic E-state index is 0. The second-order valence-electron chi connectivity index (χ2n) is 6.94. The van der Waals surface area contributed by atoms with E-state index in [4.69, 9.17) is 0 Å². The molecular weight excluding hydrogens is 430 g/mol. The van der Waals surface area contributed by atoms with Gasteiger partial charge in [-0.05, 0) is 42.9 Å². The average Bonchev–Trinajstić information content (AvgIpc) is 2.60. The summed E-state index contributed by atoms with van der Waals surface area (Å²) in [5.74, 6) is -3.80. The number of unbranched alkanes of at least 4 members (excludes halogenated alkanes) is 6. The van der Waals surface area contributed by atoms with Crippen molar-refractivity contribution < 1.29 is 91.9 Å². The molecule has 0 radical (unpaired) electrons. The third-order valence-corrected chi connectivity index (χ3v) is 5.71. The number of hydrogen-bond acceptors (Lipinski definition) is 6. The maximum absolute atomic E-state index is 12.0. The summed E-state index contributed by atoms with van der Waals surface area (Å²) in [5.41, 5.74) is -1.23. The van der Waals surface area contributed by atoms with Crippen LogP contribution in [0.15, 0.2) is 11.0 Å². The fourth-order valence-corrected chi connectivity index (χ4v) is 4.36. The molecule has 0 spiro atoms. The standard InChI is InChI=1S/C20H30O7S.2Na/c1-3-5-7-9-11-14-13-16(19(21)22)17(20(23)24)18(28(25,26)27)15(14)12-10-8-6-4-2;;/h13H,3-12H2,1-2H3,(H,21,22)(H,23,24)(H,25,26,27);;/q;2*+1/p-2. The summed E-state index contributed by atoms with van der Waals surface area (Å²) in [5, 5.41) is 23.0. The normalized spacial score (nSPS) is 10.8. The van der Waals surface area contributed by atoms with E-state index >= 15 is 0 Å². The van der Waals surface area contributed by atoms with E-state index in [2.05, 4.69) is 0 Å². The van der Waals surface area contributed by atoms with E-state index in [9.17, 15) is 32.8 Å². The number of carbonyl (C=O) groups excluding carboxylic acids is 2. The van der Waals surface area contributed by atoms with Gasteiger partial charge in [-0.25, -0.2) is 0 Å². The Morgan fingerprint density at radius 1 is 0.867 bits per heavy atom. The molecule has 0 heterocycles. The van der Waals surface area contributed by atoms with Crippen molar-refractivity contribution in [3.8, 4) is 0 Å². The fourth-order valence-electron chi connectivity index (χ4n) is 3.37. The molecule has 0 unspecified atom stereocenters. The molecular formula is C20H28Na2O7S. The summed E-state index contributed by atoms with van der Waals surface area (Å²) in [6.45, 7) is 4.06. The number of carboxylic acids is 2. The van der Waals surface area contributed by atoms with Crippen LogP contribution in [-0.2, 0) is 23.0 Å². The molecule has 0 aliphatic heterocycles. The summed E-state index contributed by atoms with van der Waals surface area (Å²) in [6.07, 6.45) is 7.43. The summed E-state index contributed by atoms with van der Waals surface area (Å²) < 4.78 is 33.8. The van der Waals surface area contributed by atoms with Gasteiger partial charge < -0.3 is 19.8 Å². The minimum Gasteiger partial charge on any atom is -0.545 e. The predicted octanol–water partition coefficient (Wildman–Crippen LogP) is -4.09. The predicted molar refractivity (Wildman–Crippen MR) is 101 cm³/mol. The molecule has 0 saturated heterocycles. The van der Waals surface area contributed by atoms with Crippen LogP contribution in [0.1, 0.15) is 97.1 Å². The first-order chi connectivity index (χ1) is 13.1. The van der Waals surface area contributed by atoms with Gasteiger partial charge in [-0.1, -0.05) is 52.4 Å². The quantitative estimate of drug-likeness (QED) is 0.180. The monoisotopic (exact) mass is 458 g/mol. The van der Waals surface area contributed by atoms with E-state index < -0.39 is 38.1 Å². The molecule has 1 rings (SSSR count). The van der Waals surface area contributed by atoms with Crippen molar-refractivity contribution >= 4 is 22.1 Å². The van der Waals surface area contributed by atoms with Gasteiger partial charge in [0.1, 0.15) is 4.90 Å². The van der Waals surface area contributed by atoms with Gasteiger partial charge in [0.05, 0.1) is 11.9 Å². The Morgan fingerprint density at radius 3 is 1.77 bits per heavy atom. The topological polar surface area (TPSA) is 135 Å². The van der Waals surface area contributed by atoms with Crippen molar-refractivity contribution in [3.63, 3.8) is 0 Å². The summed E-state index contributed by atoms with van der Waals surface area (Å²) in [6, 6.07) is 1.16. The Morgan fingerprint density at radius 2 is 1.37 bits per heavy atom. The Bertz CT molecular complexity index is 808. The van der Waals surface area contributed by atoms with Crippen LogP contribution in [0.25, 0.3) is 0 Å². The van der Waals surface area contributed by atoms with Crippen LogP contribution < -0.4 is 69.3 Å². The second kappa shape index (κ2) is 15.8. The molecule has 1 aromatic rings. The van der Waals surface area contributed by atoms with Gasteiger partial charge in [-0.15, -0.1) is 0 Å². The molecule has 158 valence electrons. The minimum atomic E-state index is -4.98. The Hall–Kier alpha value is 0.0700. The van der Waals surface area contributed by atoms with Gasteiger partial charge in [0.15, 0.2) is 0 Å². The molecule has 0 atom stereocenters. The van der Waals surface area contributed by atoms with E-state index in [1.165, 1.54) is 0 Å². The molecule has 0 aliphatic rings. The summed E-state index contributed by atoms with van der Waals surface area (Å²) in [4.78, 5) is 22.2. The van der Waals surface area contributed by atoms with Crippen molar-refractivity contribution in [2.75, 3.05) is 0 Å². The first-order valence-electron chi connectivity index (χ1n) is 9.74. The van der Waals surface area contributed by atoms with Gasteiger partial charge in [0.2, 0.25) is 0 Å². The first-order valence-corrected chi connectivity index (χ1v) is 11.2. The fraction of sp³-hybridized carbons (Fsp3) is 0.600. The largest absolute Gasteiger partial charge is 1.00 e. The summed E-state index contributed by atoms with van der Waals surface area (Å²) in [7, 11) is -4.98. The smallest absolute Gasteiger partial charge is 0.545 e. The van der Waals surface area contributed by atoms with Crippen LogP contribution >= 0.6 is 0 Å². The Labute approximate surface area is 223 Å². The SMILES string of the molecule is CCCCCCc1cc(C(=O)[O-])c(C(=O)[O-])c(S(=O)(=O)O)c1CCCCCC.[Na+].[Na+]. The number of carbonyl (C=O) groups is 2. The van der Waals surface area contributed by atoms with Gasteiger partial charge in [0, 0.05) is 11.1 Å².